The lowest BCUT2D eigenvalue weighted by atomic mass is 9.90. The van der Waals surface area contributed by atoms with Gasteiger partial charge in [-0.05, 0) is 97.3 Å². The number of benzene rings is 2. The van der Waals surface area contributed by atoms with Crippen molar-refractivity contribution >= 4 is 17.8 Å². The van der Waals surface area contributed by atoms with Gasteiger partial charge in [0, 0.05) is 37.9 Å². The second-order valence-electron chi connectivity index (χ2n) is 13.3. The number of carbonyl (C=O) groups excluding carboxylic acids is 2. The molecule has 0 saturated carbocycles. The summed E-state index contributed by atoms with van der Waals surface area (Å²) in [6.45, 7) is 8.82. The summed E-state index contributed by atoms with van der Waals surface area (Å²) in [5.41, 5.74) is 1.37. The van der Waals surface area contributed by atoms with Gasteiger partial charge in [0.2, 0.25) is 5.91 Å². The van der Waals surface area contributed by atoms with E-state index in [-0.39, 0.29) is 55.2 Å². The Kier molecular flexibility index (Phi) is 12.4. The number of likely N-dealkylation sites (tertiary alicyclic amines) is 1. The fourth-order valence-corrected chi connectivity index (χ4v) is 6.29. The highest BCUT2D eigenvalue weighted by atomic mass is 19.4. The van der Waals surface area contributed by atoms with Crippen molar-refractivity contribution in [3.05, 3.63) is 92.4 Å². The Hall–Kier alpha value is -4.63. The number of aliphatic carboxylic acids is 1. The molecule has 0 unspecified atom stereocenters. The SMILES string of the molecule is Cc1cc(-c2c(C)cc(F)cc2C)cc([C@H](CC(=O)O)NC(=O)[C@H](CC(C)C)NC(=O)c2cccn(CCN3CC(OC(F)(F)F)C3)c2=O)c1F. The number of carboxylic acids is 1. The smallest absolute Gasteiger partial charge is 0.481 e. The first-order valence-corrected chi connectivity index (χ1v) is 16.4. The molecular weight excluding hydrogens is 679 g/mol. The van der Waals surface area contributed by atoms with Gasteiger partial charge in [-0.15, -0.1) is 13.2 Å². The Balaban J connectivity index is 1.54. The minimum absolute atomic E-state index is 0.0303. The number of alkyl halides is 3. The van der Waals surface area contributed by atoms with E-state index >= 15 is 4.39 Å². The molecule has 0 bridgehead atoms. The van der Waals surface area contributed by atoms with Gasteiger partial charge in [-0.3, -0.25) is 28.8 Å². The number of hydrogen-bond acceptors (Lipinski definition) is 6. The monoisotopic (exact) mass is 720 g/mol. The Morgan fingerprint density at radius 3 is 2.22 bits per heavy atom. The Morgan fingerprint density at radius 2 is 1.63 bits per heavy atom. The quantitative estimate of drug-likeness (QED) is 0.190. The summed E-state index contributed by atoms with van der Waals surface area (Å²) in [7, 11) is 0. The van der Waals surface area contributed by atoms with E-state index in [1.54, 1.807) is 38.7 Å². The van der Waals surface area contributed by atoms with Crippen molar-refractivity contribution in [2.75, 3.05) is 19.6 Å². The zero-order valence-electron chi connectivity index (χ0n) is 28.9. The lowest BCUT2D eigenvalue weighted by molar-refractivity contribution is -0.354. The third-order valence-electron chi connectivity index (χ3n) is 8.61. The zero-order chi connectivity index (χ0) is 37.8. The van der Waals surface area contributed by atoms with Gasteiger partial charge in [-0.25, -0.2) is 8.78 Å². The van der Waals surface area contributed by atoms with Gasteiger partial charge >= 0.3 is 12.3 Å². The molecule has 276 valence electrons. The zero-order valence-corrected chi connectivity index (χ0v) is 28.9. The minimum Gasteiger partial charge on any atom is -0.481 e. The maximum absolute atomic E-state index is 15.7. The first-order valence-electron chi connectivity index (χ1n) is 16.4. The largest absolute Gasteiger partial charge is 0.522 e. The van der Waals surface area contributed by atoms with Crippen molar-refractivity contribution in [3.8, 4) is 11.1 Å². The minimum atomic E-state index is -4.74. The second kappa shape index (κ2) is 16.1. The molecule has 1 aliphatic heterocycles. The first-order chi connectivity index (χ1) is 23.8. The molecule has 3 aromatic rings. The van der Waals surface area contributed by atoms with Crippen molar-refractivity contribution in [2.24, 2.45) is 5.92 Å². The predicted octanol–water partition coefficient (Wildman–Crippen LogP) is 5.42. The summed E-state index contributed by atoms with van der Waals surface area (Å²) in [5.74, 6) is -4.34. The molecule has 1 fully saturated rings. The fraction of sp³-hybridized carbons (Fsp3) is 0.444. The number of hydrogen-bond donors (Lipinski definition) is 3. The van der Waals surface area contributed by atoms with Crippen LogP contribution in [0.4, 0.5) is 22.0 Å². The molecule has 1 aliphatic rings. The van der Waals surface area contributed by atoms with E-state index < -0.39 is 65.9 Å². The van der Waals surface area contributed by atoms with Gasteiger partial charge in [0.05, 0.1) is 18.6 Å². The standard InChI is InChI=1S/C36H41F5N4O6/c1-19(2)11-29(43-33(48)26-7-6-8-45(35(26)50)10-9-44-17-25(18-44)51-36(39,40)41)34(49)42-28(16-30(46)47)27-15-23(12-22(5)32(27)38)31-20(3)13-24(37)14-21(31)4/h6-8,12-15,19,25,28-29H,9-11,16-18H2,1-5H3,(H,42,49)(H,43,48)(H,46,47)/t28-,29-/m0/s1. The van der Waals surface area contributed by atoms with Crippen molar-refractivity contribution in [2.45, 2.75) is 78.6 Å². The summed E-state index contributed by atoms with van der Waals surface area (Å²) in [6.07, 6.45) is -4.91. The number of aromatic nitrogens is 1. The van der Waals surface area contributed by atoms with Crippen LogP contribution in [-0.4, -0.2) is 70.5 Å². The summed E-state index contributed by atoms with van der Waals surface area (Å²) in [6, 6.07) is 5.75. The molecule has 0 spiro atoms. The van der Waals surface area contributed by atoms with Crippen LogP contribution < -0.4 is 16.2 Å². The summed E-state index contributed by atoms with van der Waals surface area (Å²) < 4.78 is 72.2. The molecule has 4 rings (SSSR count). The normalized spacial score (nSPS) is 15.0. The number of nitrogens with zero attached hydrogens (tertiary/aromatic N) is 2. The summed E-state index contributed by atoms with van der Waals surface area (Å²) >= 11 is 0. The molecule has 1 saturated heterocycles. The molecule has 0 aliphatic carbocycles. The highest BCUT2D eigenvalue weighted by molar-refractivity contribution is 5.97. The summed E-state index contributed by atoms with van der Waals surface area (Å²) in [5, 5.41) is 14.9. The third kappa shape index (κ3) is 10.2. The maximum Gasteiger partial charge on any atom is 0.522 e. The van der Waals surface area contributed by atoms with Crippen LogP contribution in [0.5, 0.6) is 0 Å². The predicted molar refractivity (Wildman–Crippen MR) is 178 cm³/mol. The number of carboxylic acid groups (broad SMARTS) is 1. The lowest BCUT2D eigenvalue weighted by Crippen LogP contribution is -2.54. The van der Waals surface area contributed by atoms with Crippen LogP contribution in [0.15, 0.2) is 47.4 Å². The number of nitrogens with one attached hydrogen (secondary N) is 2. The number of ether oxygens (including phenoxy) is 1. The van der Waals surface area contributed by atoms with Crippen molar-refractivity contribution < 1.29 is 46.2 Å². The highest BCUT2D eigenvalue weighted by Gasteiger charge is 2.39. The highest BCUT2D eigenvalue weighted by Crippen LogP contribution is 2.34. The maximum atomic E-state index is 15.7. The van der Waals surface area contributed by atoms with E-state index in [9.17, 15) is 41.8 Å². The van der Waals surface area contributed by atoms with Crippen molar-refractivity contribution in [1.82, 2.24) is 20.1 Å². The molecule has 0 radical (unpaired) electrons. The van der Waals surface area contributed by atoms with E-state index in [1.165, 1.54) is 48.0 Å². The van der Waals surface area contributed by atoms with Gasteiger partial charge < -0.3 is 20.3 Å². The third-order valence-corrected chi connectivity index (χ3v) is 8.61. The van der Waals surface area contributed by atoms with E-state index in [1.807, 2.05) is 0 Å². The molecule has 2 amide bonds. The van der Waals surface area contributed by atoms with Gasteiger partial charge in [0.15, 0.2) is 0 Å². The first kappa shape index (κ1) is 39.2. The van der Waals surface area contributed by atoms with E-state index in [4.69, 9.17) is 0 Å². The van der Waals surface area contributed by atoms with Gasteiger partial charge in [0.1, 0.15) is 23.2 Å². The lowest BCUT2D eigenvalue weighted by Gasteiger charge is -2.38. The number of amides is 2. The molecule has 15 heteroatoms. The number of halogens is 5. The summed E-state index contributed by atoms with van der Waals surface area (Å²) in [4.78, 5) is 54.0. The van der Waals surface area contributed by atoms with Gasteiger partial charge in [0.25, 0.3) is 11.5 Å². The average Bonchev–Trinajstić information content (AvgIpc) is 2.98. The molecule has 51 heavy (non-hydrogen) atoms. The number of pyridine rings is 1. The Morgan fingerprint density at radius 1 is 0.980 bits per heavy atom. The molecule has 2 heterocycles. The van der Waals surface area contributed by atoms with Crippen LogP contribution in [0, 0.1) is 38.3 Å². The number of rotatable bonds is 14. The topological polar surface area (TPSA) is 130 Å². The van der Waals surface area contributed by atoms with E-state index in [0.717, 1.165) is 0 Å². The van der Waals surface area contributed by atoms with Gasteiger partial charge in [-0.1, -0.05) is 13.8 Å². The molecule has 1 aromatic heterocycles. The van der Waals surface area contributed by atoms with Crippen LogP contribution >= 0.6 is 0 Å². The van der Waals surface area contributed by atoms with Crippen molar-refractivity contribution in [3.63, 3.8) is 0 Å². The number of aryl methyl sites for hydroxylation is 3. The molecule has 3 N–H and O–H groups in total. The molecule has 2 atom stereocenters. The molecular formula is C36H41F5N4O6. The van der Waals surface area contributed by atoms with Crippen LogP contribution in [0.3, 0.4) is 0 Å². The Bertz CT molecular complexity index is 1810. The molecule has 2 aromatic carbocycles. The van der Waals surface area contributed by atoms with Crippen LogP contribution in [-0.2, 0) is 20.9 Å². The fourth-order valence-electron chi connectivity index (χ4n) is 6.29. The van der Waals surface area contributed by atoms with Gasteiger partial charge in [-0.2, -0.15) is 0 Å². The molecule has 10 nitrogen and oxygen atoms in total. The van der Waals surface area contributed by atoms with Crippen LogP contribution in [0.1, 0.15) is 65.3 Å². The van der Waals surface area contributed by atoms with Crippen molar-refractivity contribution in [1.29, 1.82) is 0 Å². The average molecular weight is 721 g/mol. The van der Waals surface area contributed by atoms with E-state index in [2.05, 4.69) is 15.4 Å². The van der Waals surface area contributed by atoms with Crippen LogP contribution in [0.25, 0.3) is 11.1 Å². The van der Waals surface area contributed by atoms with Crippen LogP contribution in [0.2, 0.25) is 0 Å². The Labute approximate surface area is 291 Å². The number of carbonyl (C=O) groups is 3. The van der Waals surface area contributed by atoms with E-state index in [0.29, 0.717) is 22.3 Å². The second-order valence-corrected chi connectivity index (χ2v) is 13.3.